The lowest BCUT2D eigenvalue weighted by Crippen LogP contribution is -2.23. The molecule has 0 bridgehead atoms. The molecule has 0 unspecified atom stereocenters. The van der Waals surface area contributed by atoms with Gasteiger partial charge in [-0.25, -0.2) is 0 Å². The molecule has 2 heterocycles. The van der Waals surface area contributed by atoms with Gasteiger partial charge in [-0.3, -0.25) is 24.8 Å². The van der Waals surface area contributed by atoms with Crippen molar-refractivity contribution < 1.29 is 9.72 Å². The molecule has 0 saturated carbocycles. The average molecular weight is 277 g/mol. The van der Waals surface area contributed by atoms with E-state index < -0.39 is 16.4 Å². The van der Waals surface area contributed by atoms with Crippen molar-refractivity contribution in [1.82, 2.24) is 15.2 Å². The Labute approximate surface area is 112 Å². The molecule has 0 saturated heterocycles. The van der Waals surface area contributed by atoms with Crippen molar-refractivity contribution in [2.24, 2.45) is 0 Å². The highest BCUT2D eigenvalue weighted by Gasteiger charge is 2.17. The molecule has 0 fully saturated rings. The first-order valence-electron chi connectivity index (χ1n) is 5.74. The minimum atomic E-state index is -0.760. The van der Waals surface area contributed by atoms with Crippen LogP contribution in [0.25, 0.3) is 0 Å². The summed E-state index contributed by atoms with van der Waals surface area (Å²) in [4.78, 5) is 35.5. The minimum Gasteiger partial charge on any atom is -0.322 e. The number of carbonyl (C=O) groups is 1. The van der Waals surface area contributed by atoms with E-state index in [4.69, 9.17) is 0 Å². The van der Waals surface area contributed by atoms with Crippen molar-refractivity contribution in [1.29, 1.82) is 0 Å². The van der Waals surface area contributed by atoms with Crippen LogP contribution in [0, 0.1) is 10.1 Å². The van der Waals surface area contributed by atoms with Gasteiger partial charge in [-0.2, -0.15) is 5.10 Å². The molecule has 3 N–H and O–H groups in total. The number of nitrogens with zero attached hydrogens (tertiary/aromatic N) is 2. The summed E-state index contributed by atoms with van der Waals surface area (Å²) in [5, 5.41) is 19.6. The van der Waals surface area contributed by atoms with Crippen LogP contribution in [0.15, 0.2) is 23.1 Å². The highest BCUT2D eigenvalue weighted by Crippen LogP contribution is 2.11. The van der Waals surface area contributed by atoms with E-state index in [1.807, 2.05) is 6.92 Å². The predicted molar refractivity (Wildman–Crippen MR) is 69.6 cm³/mol. The molecule has 0 spiro atoms. The van der Waals surface area contributed by atoms with Gasteiger partial charge in [0.05, 0.1) is 11.1 Å². The van der Waals surface area contributed by atoms with E-state index in [2.05, 4.69) is 20.5 Å². The van der Waals surface area contributed by atoms with Gasteiger partial charge in [-0.05, 0) is 6.42 Å². The average Bonchev–Trinajstić information content (AvgIpc) is 2.86. The highest BCUT2D eigenvalue weighted by molar-refractivity contribution is 6.03. The zero-order valence-electron chi connectivity index (χ0n) is 10.5. The molecule has 20 heavy (non-hydrogen) atoms. The predicted octanol–water partition coefficient (Wildman–Crippen LogP) is 0.821. The number of carbonyl (C=O) groups excluding carboxylic acids is 1. The van der Waals surface area contributed by atoms with Gasteiger partial charge in [-0.15, -0.1) is 0 Å². The monoisotopic (exact) mass is 277 g/mol. The molecule has 9 nitrogen and oxygen atoms in total. The summed E-state index contributed by atoms with van der Waals surface area (Å²) < 4.78 is 0. The van der Waals surface area contributed by atoms with Crippen LogP contribution in [0.5, 0.6) is 0 Å². The summed E-state index contributed by atoms with van der Waals surface area (Å²) in [6, 6.07) is 2.53. The molecule has 2 rings (SSSR count). The number of nitrogens with one attached hydrogen (secondary N) is 3. The molecule has 9 heteroatoms. The van der Waals surface area contributed by atoms with Gasteiger partial charge in [0.15, 0.2) is 5.82 Å². The van der Waals surface area contributed by atoms with Crippen molar-refractivity contribution in [2.75, 3.05) is 5.32 Å². The van der Waals surface area contributed by atoms with Crippen molar-refractivity contribution in [3.63, 3.8) is 0 Å². The smallest absolute Gasteiger partial charge is 0.286 e. The van der Waals surface area contributed by atoms with Crippen LogP contribution in [-0.4, -0.2) is 26.0 Å². The van der Waals surface area contributed by atoms with Crippen molar-refractivity contribution in [3.8, 4) is 0 Å². The van der Waals surface area contributed by atoms with E-state index in [1.165, 1.54) is 0 Å². The molecular formula is C11H11N5O4. The maximum atomic E-state index is 11.9. The number of rotatable bonds is 4. The second kappa shape index (κ2) is 5.34. The second-order valence-electron chi connectivity index (χ2n) is 3.94. The molecule has 0 aliphatic heterocycles. The first-order chi connectivity index (χ1) is 9.51. The number of aryl methyl sites for hydroxylation is 1. The van der Waals surface area contributed by atoms with Gasteiger partial charge in [0.2, 0.25) is 0 Å². The van der Waals surface area contributed by atoms with Crippen LogP contribution in [0.2, 0.25) is 0 Å². The lowest BCUT2D eigenvalue weighted by molar-refractivity contribution is -0.385. The number of amides is 1. The van der Waals surface area contributed by atoms with Crippen LogP contribution in [0.4, 0.5) is 11.5 Å². The van der Waals surface area contributed by atoms with Gasteiger partial charge in [0.25, 0.3) is 17.2 Å². The first kappa shape index (κ1) is 13.5. The van der Waals surface area contributed by atoms with Crippen LogP contribution >= 0.6 is 0 Å². The normalized spacial score (nSPS) is 10.2. The number of aromatic nitrogens is 3. The van der Waals surface area contributed by atoms with Gasteiger partial charge >= 0.3 is 0 Å². The van der Waals surface area contributed by atoms with Crippen LogP contribution in [0.1, 0.15) is 23.0 Å². The van der Waals surface area contributed by atoms with Crippen LogP contribution < -0.4 is 10.9 Å². The second-order valence-corrected chi connectivity index (χ2v) is 3.94. The molecule has 0 aliphatic rings. The van der Waals surface area contributed by atoms with E-state index in [0.29, 0.717) is 6.42 Å². The number of anilines is 1. The maximum absolute atomic E-state index is 11.9. The number of H-pyrrole nitrogens is 2. The Hall–Kier alpha value is -2.97. The van der Waals surface area contributed by atoms with E-state index >= 15 is 0 Å². The lowest BCUT2D eigenvalue weighted by atomic mass is 10.2. The molecular weight excluding hydrogens is 266 g/mol. The summed E-state index contributed by atoms with van der Waals surface area (Å²) in [5.41, 5.74) is -0.612. The van der Waals surface area contributed by atoms with Gasteiger partial charge in [0, 0.05) is 17.8 Å². The number of pyridine rings is 1. The van der Waals surface area contributed by atoms with E-state index in [9.17, 15) is 19.7 Å². The molecule has 104 valence electrons. The number of hydrogen-bond acceptors (Lipinski definition) is 5. The Balaban J connectivity index is 2.26. The fourth-order valence-corrected chi connectivity index (χ4v) is 1.54. The zero-order chi connectivity index (χ0) is 14.7. The summed E-state index contributed by atoms with van der Waals surface area (Å²) >= 11 is 0. The van der Waals surface area contributed by atoms with Crippen LogP contribution in [-0.2, 0) is 6.42 Å². The molecule has 0 aliphatic carbocycles. The van der Waals surface area contributed by atoms with Gasteiger partial charge in [-0.1, -0.05) is 6.92 Å². The molecule has 2 aromatic heterocycles. The SMILES string of the molecule is CCc1cc(NC(=O)c2cc([N+](=O)[O-])c[nH]c2=O)n[nH]1. The van der Waals surface area contributed by atoms with E-state index in [-0.39, 0.29) is 17.1 Å². The Kier molecular flexibility index (Phi) is 3.60. The fraction of sp³-hybridized carbons (Fsp3) is 0.182. The lowest BCUT2D eigenvalue weighted by Gasteiger charge is -2.00. The largest absolute Gasteiger partial charge is 0.322 e. The maximum Gasteiger partial charge on any atom is 0.286 e. The Morgan fingerprint density at radius 3 is 2.85 bits per heavy atom. The third kappa shape index (κ3) is 2.71. The standard InChI is InChI=1S/C11H11N5O4/c1-2-6-3-9(15-14-6)13-11(18)8-4-7(16(19)20)5-12-10(8)17/h3-5H,2H2,1H3,(H,12,17)(H2,13,14,15,18). The molecule has 2 aromatic rings. The van der Waals surface area contributed by atoms with Crippen molar-refractivity contribution in [3.05, 3.63) is 50.1 Å². The minimum absolute atomic E-state index is 0.248. The number of aromatic amines is 2. The summed E-state index contributed by atoms with van der Waals surface area (Å²) in [5.74, 6) is -0.512. The Morgan fingerprint density at radius 1 is 1.50 bits per heavy atom. The van der Waals surface area contributed by atoms with E-state index in [0.717, 1.165) is 18.0 Å². The zero-order valence-corrected chi connectivity index (χ0v) is 10.5. The third-order valence-electron chi connectivity index (χ3n) is 2.60. The number of nitro groups is 1. The molecule has 0 radical (unpaired) electrons. The van der Waals surface area contributed by atoms with Gasteiger partial charge in [0.1, 0.15) is 5.56 Å². The third-order valence-corrected chi connectivity index (χ3v) is 2.60. The molecule has 0 aromatic carbocycles. The van der Waals surface area contributed by atoms with E-state index in [1.54, 1.807) is 6.07 Å². The van der Waals surface area contributed by atoms with Crippen LogP contribution in [0.3, 0.4) is 0 Å². The van der Waals surface area contributed by atoms with Crippen molar-refractivity contribution in [2.45, 2.75) is 13.3 Å². The summed E-state index contributed by atoms with van der Waals surface area (Å²) in [7, 11) is 0. The van der Waals surface area contributed by atoms with Gasteiger partial charge < -0.3 is 10.3 Å². The topological polar surface area (TPSA) is 134 Å². The summed E-state index contributed by atoms with van der Waals surface area (Å²) in [6.07, 6.45) is 1.64. The molecule has 1 amide bonds. The fourth-order valence-electron chi connectivity index (χ4n) is 1.54. The van der Waals surface area contributed by atoms with Crippen molar-refractivity contribution >= 4 is 17.4 Å². The molecule has 0 atom stereocenters. The number of hydrogen-bond donors (Lipinski definition) is 3. The Morgan fingerprint density at radius 2 is 2.25 bits per heavy atom. The first-order valence-corrected chi connectivity index (χ1v) is 5.74. The quantitative estimate of drug-likeness (QED) is 0.561. The summed E-state index contributed by atoms with van der Waals surface area (Å²) in [6.45, 7) is 1.91. The highest BCUT2D eigenvalue weighted by atomic mass is 16.6. The Bertz CT molecular complexity index is 718.